The van der Waals surface area contributed by atoms with Gasteiger partial charge < -0.3 is 5.32 Å². The van der Waals surface area contributed by atoms with E-state index in [4.69, 9.17) is 11.6 Å². The quantitative estimate of drug-likeness (QED) is 0.712. The molecule has 7 nitrogen and oxygen atoms in total. The molecule has 1 saturated heterocycles. The number of nitrogens with zero attached hydrogens (tertiary/aromatic N) is 3. The summed E-state index contributed by atoms with van der Waals surface area (Å²) in [6.07, 6.45) is 5.50. The first kappa shape index (κ1) is 22.0. The fraction of sp³-hybridized carbons (Fsp3) is 0.600. The minimum atomic E-state index is -3.57. The van der Waals surface area contributed by atoms with Gasteiger partial charge in [-0.2, -0.15) is 9.57 Å². The van der Waals surface area contributed by atoms with Gasteiger partial charge in [-0.25, -0.2) is 8.42 Å². The molecule has 2 aliphatic rings. The van der Waals surface area contributed by atoms with E-state index < -0.39 is 15.6 Å². The number of piperazine rings is 1. The van der Waals surface area contributed by atoms with Gasteiger partial charge in [0.1, 0.15) is 5.54 Å². The van der Waals surface area contributed by atoms with Crippen molar-refractivity contribution in [1.29, 1.82) is 5.26 Å². The van der Waals surface area contributed by atoms with Gasteiger partial charge in [-0.3, -0.25) is 9.69 Å². The standard InChI is InChI=1S/C20H27ClN4O3S/c21-17-5-7-18(8-6-17)29(27,28)25-13-11-24(12-14-25)15-19(26)23-20(16-22)9-3-1-2-4-10-20/h5-8H,1-4,9-15H2,(H,23,26). The van der Waals surface area contributed by atoms with Gasteiger partial charge in [-0.15, -0.1) is 0 Å². The van der Waals surface area contributed by atoms with Crippen LogP contribution in [0.3, 0.4) is 0 Å². The molecular weight excluding hydrogens is 412 g/mol. The Morgan fingerprint density at radius 3 is 2.21 bits per heavy atom. The van der Waals surface area contributed by atoms with Crippen molar-refractivity contribution in [2.75, 3.05) is 32.7 Å². The predicted octanol–water partition coefficient (Wildman–Crippen LogP) is 2.38. The van der Waals surface area contributed by atoms with Crippen LogP contribution in [0.4, 0.5) is 0 Å². The van der Waals surface area contributed by atoms with Crippen LogP contribution in [0.25, 0.3) is 0 Å². The van der Waals surface area contributed by atoms with Crippen molar-refractivity contribution in [3.8, 4) is 6.07 Å². The van der Waals surface area contributed by atoms with Gasteiger partial charge >= 0.3 is 0 Å². The molecule has 0 atom stereocenters. The molecule has 1 aromatic carbocycles. The molecule has 1 aromatic rings. The number of nitrogens with one attached hydrogen (secondary N) is 1. The highest BCUT2D eigenvalue weighted by Gasteiger charge is 2.34. The molecule has 29 heavy (non-hydrogen) atoms. The van der Waals surface area contributed by atoms with E-state index in [1.807, 2.05) is 4.90 Å². The lowest BCUT2D eigenvalue weighted by Crippen LogP contribution is -2.54. The summed E-state index contributed by atoms with van der Waals surface area (Å²) in [4.78, 5) is 14.7. The van der Waals surface area contributed by atoms with Gasteiger partial charge in [0, 0.05) is 31.2 Å². The SMILES string of the molecule is N#CC1(NC(=O)CN2CCN(S(=O)(=O)c3ccc(Cl)cc3)CC2)CCCCCC1. The van der Waals surface area contributed by atoms with E-state index >= 15 is 0 Å². The summed E-state index contributed by atoms with van der Waals surface area (Å²) >= 11 is 5.84. The number of halogens is 1. The molecule has 0 aromatic heterocycles. The van der Waals surface area contributed by atoms with Gasteiger partial charge in [0.15, 0.2) is 0 Å². The third-order valence-corrected chi connectivity index (χ3v) is 7.86. The molecule has 2 fully saturated rings. The van der Waals surface area contributed by atoms with Crippen LogP contribution >= 0.6 is 11.6 Å². The van der Waals surface area contributed by atoms with Gasteiger partial charge in [0.2, 0.25) is 15.9 Å². The minimum absolute atomic E-state index is 0.164. The fourth-order valence-electron chi connectivity index (χ4n) is 3.99. The van der Waals surface area contributed by atoms with E-state index in [1.165, 1.54) is 16.4 Å². The second-order valence-corrected chi connectivity index (χ2v) is 10.2. The Hall–Kier alpha value is -1.66. The molecule has 0 unspecified atom stereocenters. The summed E-state index contributed by atoms with van der Waals surface area (Å²) in [5.41, 5.74) is -0.757. The molecule has 1 N–H and O–H groups in total. The zero-order chi connectivity index (χ0) is 20.9. The van der Waals surface area contributed by atoms with Crippen molar-refractivity contribution in [3.63, 3.8) is 0 Å². The number of hydrogen-bond acceptors (Lipinski definition) is 5. The second-order valence-electron chi connectivity index (χ2n) is 7.79. The average molecular weight is 439 g/mol. The molecule has 3 rings (SSSR count). The largest absolute Gasteiger partial charge is 0.337 e. The summed E-state index contributed by atoms with van der Waals surface area (Å²) < 4.78 is 26.9. The van der Waals surface area contributed by atoms with Crippen molar-refractivity contribution in [1.82, 2.24) is 14.5 Å². The number of amides is 1. The van der Waals surface area contributed by atoms with E-state index in [1.54, 1.807) is 12.1 Å². The molecule has 1 aliphatic heterocycles. The van der Waals surface area contributed by atoms with Crippen LogP contribution in [0.2, 0.25) is 5.02 Å². The average Bonchev–Trinajstić information content (AvgIpc) is 2.94. The van der Waals surface area contributed by atoms with Gasteiger partial charge in [-0.1, -0.05) is 37.3 Å². The van der Waals surface area contributed by atoms with Crippen molar-refractivity contribution in [2.24, 2.45) is 0 Å². The summed E-state index contributed by atoms with van der Waals surface area (Å²) in [6, 6.07) is 8.46. The van der Waals surface area contributed by atoms with Crippen LogP contribution < -0.4 is 5.32 Å². The minimum Gasteiger partial charge on any atom is -0.337 e. The Morgan fingerprint density at radius 1 is 1.07 bits per heavy atom. The fourth-order valence-corrected chi connectivity index (χ4v) is 5.54. The zero-order valence-electron chi connectivity index (χ0n) is 16.4. The molecular formula is C20H27ClN4O3S. The van der Waals surface area contributed by atoms with Crippen LogP contribution in [0.15, 0.2) is 29.2 Å². The number of carbonyl (C=O) groups is 1. The van der Waals surface area contributed by atoms with E-state index in [0.29, 0.717) is 44.0 Å². The second kappa shape index (κ2) is 9.43. The van der Waals surface area contributed by atoms with Gasteiger partial charge in [0.25, 0.3) is 0 Å². The Labute approximate surface area is 177 Å². The first-order chi connectivity index (χ1) is 13.8. The van der Waals surface area contributed by atoms with E-state index in [2.05, 4.69) is 11.4 Å². The molecule has 1 saturated carbocycles. The summed E-state index contributed by atoms with van der Waals surface area (Å²) in [7, 11) is -3.57. The van der Waals surface area contributed by atoms with Crippen molar-refractivity contribution >= 4 is 27.5 Å². The lowest BCUT2D eigenvalue weighted by atomic mass is 9.92. The molecule has 1 amide bonds. The monoisotopic (exact) mass is 438 g/mol. The van der Waals surface area contributed by atoms with Crippen molar-refractivity contribution in [2.45, 2.75) is 49.0 Å². The number of carbonyl (C=O) groups excluding carboxylic acids is 1. The normalized spacial score (nSPS) is 21.1. The van der Waals surface area contributed by atoms with Crippen LogP contribution in [0.5, 0.6) is 0 Å². The highest BCUT2D eigenvalue weighted by Crippen LogP contribution is 2.26. The number of nitriles is 1. The number of rotatable bonds is 5. The maximum atomic E-state index is 12.8. The molecule has 1 aliphatic carbocycles. The van der Waals surface area contributed by atoms with Crippen LogP contribution in [-0.2, 0) is 14.8 Å². The Morgan fingerprint density at radius 2 is 1.66 bits per heavy atom. The lowest BCUT2D eigenvalue weighted by Gasteiger charge is -2.34. The summed E-state index contributed by atoms with van der Waals surface area (Å²) in [5, 5.41) is 13.1. The zero-order valence-corrected chi connectivity index (χ0v) is 18.0. The van der Waals surface area contributed by atoms with Crippen LogP contribution in [0, 0.1) is 11.3 Å². The van der Waals surface area contributed by atoms with Crippen LogP contribution in [0.1, 0.15) is 38.5 Å². The summed E-state index contributed by atoms with van der Waals surface area (Å²) in [6.45, 7) is 1.76. The highest BCUT2D eigenvalue weighted by molar-refractivity contribution is 7.89. The number of hydrogen-bond donors (Lipinski definition) is 1. The number of benzene rings is 1. The van der Waals surface area contributed by atoms with Gasteiger partial charge in [-0.05, 0) is 37.1 Å². The summed E-state index contributed by atoms with van der Waals surface area (Å²) in [5.74, 6) is -0.164. The third-order valence-electron chi connectivity index (χ3n) is 5.70. The highest BCUT2D eigenvalue weighted by atomic mass is 35.5. The van der Waals surface area contributed by atoms with E-state index in [9.17, 15) is 18.5 Å². The van der Waals surface area contributed by atoms with E-state index in [-0.39, 0.29) is 17.3 Å². The lowest BCUT2D eigenvalue weighted by molar-refractivity contribution is -0.124. The third kappa shape index (κ3) is 5.48. The maximum Gasteiger partial charge on any atom is 0.243 e. The molecule has 9 heteroatoms. The molecule has 0 bridgehead atoms. The van der Waals surface area contributed by atoms with E-state index in [0.717, 1.165) is 25.7 Å². The molecule has 0 spiro atoms. The topological polar surface area (TPSA) is 93.5 Å². The Kier molecular flexibility index (Phi) is 7.17. The van der Waals surface area contributed by atoms with Gasteiger partial charge in [0.05, 0.1) is 17.5 Å². The smallest absolute Gasteiger partial charge is 0.243 e. The first-order valence-electron chi connectivity index (χ1n) is 10.0. The van der Waals surface area contributed by atoms with Crippen molar-refractivity contribution in [3.05, 3.63) is 29.3 Å². The molecule has 0 radical (unpaired) electrons. The first-order valence-corrected chi connectivity index (χ1v) is 11.9. The Bertz CT molecular complexity index is 851. The maximum absolute atomic E-state index is 12.8. The molecule has 1 heterocycles. The Balaban J connectivity index is 1.53. The van der Waals surface area contributed by atoms with Crippen molar-refractivity contribution < 1.29 is 13.2 Å². The van der Waals surface area contributed by atoms with Crippen LogP contribution in [-0.4, -0.2) is 61.8 Å². The number of sulfonamides is 1. The predicted molar refractivity (Wildman–Crippen MR) is 111 cm³/mol. The molecule has 158 valence electrons.